The Morgan fingerprint density at radius 1 is 1.17 bits per heavy atom. The van der Waals surface area contributed by atoms with Gasteiger partial charge in [-0.15, -0.1) is 4.40 Å². The molecule has 0 unspecified atom stereocenters. The Hall–Kier alpha value is -2.67. The van der Waals surface area contributed by atoms with Gasteiger partial charge in [0.05, 0.1) is 12.0 Å². The third kappa shape index (κ3) is 3.79. The fourth-order valence-corrected chi connectivity index (χ4v) is 5.41. The first-order chi connectivity index (χ1) is 13.9. The summed E-state index contributed by atoms with van der Waals surface area (Å²) in [7, 11) is -3.66. The zero-order chi connectivity index (χ0) is 20.6. The Balaban J connectivity index is 1.49. The normalized spacial score (nSPS) is 21.2. The molecule has 0 saturated carbocycles. The molecule has 0 aliphatic carbocycles. The predicted octanol–water partition coefficient (Wildman–Crippen LogP) is 3.03. The van der Waals surface area contributed by atoms with Crippen molar-refractivity contribution in [1.82, 2.24) is 10.2 Å². The number of hydrogen-bond donors (Lipinski definition) is 1. The third-order valence-electron chi connectivity index (χ3n) is 5.72. The summed E-state index contributed by atoms with van der Waals surface area (Å²) in [5, 5.41) is 3.13. The standard InChI is InChI=1S/C22H25N3O3S/c1-15-8-3-4-10-18(15)16(2)23-22(26)17-9-7-13-25(14-17)21-19-11-5-6-12-20(19)29(27,28)24-21/h3-6,8,10-12,16-17H,7,9,13-14H2,1-2H3,(H,23,26)/t16-,17+/m1/s1. The number of likely N-dealkylation sites (tertiary alicyclic amines) is 1. The molecule has 2 aliphatic heterocycles. The van der Waals surface area contributed by atoms with Gasteiger partial charge in [-0.05, 0) is 49.9 Å². The van der Waals surface area contributed by atoms with E-state index in [1.165, 1.54) is 0 Å². The second-order valence-electron chi connectivity index (χ2n) is 7.76. The number of piperidine rings is 1. The van der Waals surface area contributed by atoms with Crippen LogP contribution in [-0.4, -0.2) is 38.2 Å². The van der Waals surface area contributed by atoms with E-state index in [2.05, 4.69) is 9.71 Å². The van der Waals surface area contributed by atoms with Gasteiger partial charge in [-0.25, -0.2) is 0 Å². The van der Waals surface area contributed by atoms with Crippen LogP contribution in [0.3, 0.4) is 0 Å². The number of amides is 1. The van der Waals surface area contributed by atoms with Crippen LogP contribution < -0.4 is 5.32 Å². The number of fused-ring (bicyclic) bond motifs is 1. The van der Waals surface area contributed by atoms with Gasteiger partial charge >= 0.3 is 0 Å². The van der Waals surface area contributed by atoms with Crippen LogP contribution in [0, 0.1) is 12.8 Å². The van der Waals surface area contributed by atoms with Gasteiger partial charge in [-0.3, -0.25) is 4.79 Å². The molecule has 0 aromatic heterocycles. The first-order valence-electron chi connectivity index (χ1n) is 9.92. The lowest BCUT2D eigenvalue weighted by Crippen LogP contribution is -2.45. The number of nitrogens with zero attached hydrogens (tertiary/aromatic N) is 2. The fraction of sp³-hybridized carbons (Fsp3) is 0.364. The van der Waals surface area contributed by atoms with Crippen molar-refractivity contribution in [1.29, 1.82) is 0 Å². The molecular formula is C22H25N3O3S. The van der Waals surface area contributed by atoms with Crippen LogP contribution in [0.5, 0.6) is 0 Å². The Morgan fingerprint density at radius 2 is 1.90 bits per heavy atom. The van der Waals surface area contributed by atoms with Crippen molar-refractivity contribution in [2.75, 3.05) is 13.1 Å². The van der Waals surface area contributed by atoms with Crippen molar-refractivity contribution in [2.24, 2.45) is 10.3 Å². The van der Waals surface area contributed by atoms with Crippen molar-refractivity contribution in [3.8, 4) is 0 Å². The number of hydrogen-bond acceptors (Lipinski definition) is 4. The van der Waals surface area contributed by atoms with Crippen LogP contribution in [0.25, 0.3) is 0 Å². The maximum absolute atomic E-state index is 12.9. The molecule has 0 spiro atoms. The first-order valence-corrected chi connectivity index (χ1v) is 11.4. The molecule has 29 heavy (non-hydrogen) atoms. The van der Waals surface area contributed by atoms with E-state index >= 15 is 0 Å². The highest BCUT2D eigenvalue weighted by atomic mass is 32.2. The summed E-state index contributed by atoms with van der Waals surface area (Å²) in [6.45, 7) is 5.19. The lowest BCUT2D eigenvalue weighted by molar-refractivity contribution is -0.126. The molecule has 1 amide bonds. The summed E-state index contributed by atoms with van der Waals surface area (Å²) in [6.07, 6.45) is 1.60. The monoisotopic (exact) mass is 411 g/mol. The number of amidine groups is 1. The highest BCUT2D eigenvalue weighted by Crippen LogP contribution is 2.30. The summed E-state index contributed by atoms with van der Waals surface area (Å²) in [5.74, 6) is 0.263. The summed E-state index contributed by atoms with van der Waals surface area (Å²) in [6, 6.07) is 14.8. The van der Waals surface area contributed by atoms with E-state index in [1.54, 1.807) is 18.2 Å². The lowest BCUT2D eigenvalue weighted by Gasteiger charge is -2.34. The van der Waals surface area contributed by atoms with Crippen molar-refractivity contribution < 1.29 is 13.2 Å². The number of sulfonamides is 1. The zero-order valence-corrected chi connectivity index (χ0v) is 17.4. The quantitative estimate of drug-likeness (QED) is 0.842. The third-order valence-corrected chi connectivity index (χ3v) is 7.04. The predicted molar refractivity (Wildman–Crippen MR) is 112 cm³/mol. The molecule has 0 bridgehead atoms. The van der Waals surface area contributed by atoms with Gasteiger partial charge in [0.15, 0.2) is 5.84 Å². The maximum atomic E-state index is 12.9. The minimum Gasteiger partial charge on any atom is -0.355 e. The van der Waals surface area contributed by atoms with Crippen molar-refractivity contribution in [3.05, 3.63) is 65.2 Å². The summed E-state index contributed by atoms with van der Waals surface area (Å²) in [4.78, 5) is 15.1. The lowest BCUT2D eigenvalue weighted by atomic mass is 9.95. The summed E-state index contributed by atoms with van der Waals surface area (Å²) >= 11 is 0. The second-order valence-corrected chi connectivity index (χ2v) is 9.33. The summed E-state index contributed by atoms with van der Waals surface area (Å²) < 4.78 is 28.7. The molecule has 1 N–H and O–H groups in total. The van der Waals surface area contributed by atoms with E-state index < -0.39 is 10.0 Å². The fourth-order valence-electron chi connectivity index (χ4n) is 4.18. The van der Waals surface area contributed by atoms with E-state index in [1.807, 2.05) is 49.1 Å². The maximum Gasteiger partial charge on any atom is 0.285 e. The average molecular weight is 412 g/mol. The highest BCUT2D eigenvalue weighted by molar-refractivity contribution is 7.90. The first kappa shape index (κ1) is 19.6. The van der Waals surface area contributed by atoms with Gasteiger partial charge < -0.3 is 10.2 Å². The molecule has 152 valence electrons. The Morgan fingerprint density at radius 3 is 2.69 bits per heavy atom. The largest absolute Gasteiger partial charge is 0.355 e. The van der Waals surface area contributed by atoms with Gasteiger partial charge in [0.25, 0.3) is 10.0 Å². The van der Waals surface area contributed by atoms with E-state index in [9.17, 15) is 13.2 Å². The van der Waals surface area contributed by atoms with Crippen LogP contribution in [0.2, 0.25) is 0 Å². The van der Waals surface area contributed by atoms with Gasteiger partial charge in [-0.2, -0.15) is 8.42 Å². The molecule has 2 aliphatic rings. The Bertz CT molecular complexity index is 1080. The van der Waals surface area contributed by atoms with Gasteiger partial charge in [0.1, 0.15) is 4.90 Å². The van der Waals surface area contributed by atoms with E-state index in [0.29, 0.717) is 24.5 Å². The summed E-state index contributed by atoms with van der Waals surface area (Å²) in [5.41, 5.74) is 2.88. The van der Waals surface area contributed by atoms with E-state index in [4.69, 9.17) is 0 Å². The smallest absolute Gasteiger partial charge is 0.285 e. The molecule has 2 aromatic rings. The number of carbonyl (C=O) groups is 1. The molecule has 1 fully saturated rings. The van der Waals surface area contributed by atoms with Crippen LogP contribution in [0.4, 0.5) is 0 Å². The molecule has 6 nitrogen and oxygen atoms in total. The van der Waals surface area contributed by atoms with Crippen LogP contribution >= 0.6 is 0 Å². The Labute approximate surface area is 171 Å². The molecule has 7 heteroatoms. The molecule has 4 rings (SSSR count). The van der Waals surface area contributed by atoms with Gasteiger partial charge in [0.2, 0.25) is 5.91 Å². The van der Waals surface area contributed by atoms with E-state index in [-0.39, 0.29) is 22.8 Å². The number of benzene rings is 2. The molecule has 2 atom stereocenters. The Kier molecular flexibility index (Phi) is 5.17. The molecule has 2 aromatic carbocycles. The van der Waals surface area contributed by atoms with Gasteiger partial charge in [-0.1, -0.05) is 36.4 Å². The van der Waals surface area contributed by atoms with Crippen LogP contribution in [-0.2, 0) is 14.8 Å². The van der Waals surface area contributed by atoms with E-state index in [0.717, 1.165) is 24.0 Å². The molecule has 0 radical (unpaired) electrons. The SMILES string of the molecule is Cc1ccccc1[C@@H](C)NC(=O)[C@H]1CCCN(C2=NS(=O)(=O)c3ccccc32)C1. The molecule has 2 heterocycles. The second kappa shape index (κ2) is 7.63. The van der Waals surface area contributed by atoms with Crippen molar-refractivity contribution >= 4 is 21.8 Å². The van der Waals surface area contributed by atoms with Crippen molar-refractivity contribution in [2.45, 2.75) is 37.6 Å². The van der Waals surface area contributed by atoms with Crippen LogP contribution in [0.15, 0.2) is 57.8 Å². The minimum atomic E-state index is -3.66. The van der Waals surface area contributed by atoms with Crippen LogP contribution in [0.1, 0.15) is 42.5 Å². The topological polar surface area (TPSA) is 78.8 Å². The number of aryl methyl sites for hydroxylation is 1. The molecular weight excluding hydrogens is 386 g/mol. The average Bonchev–Trinajstić information content (AvgIpc) is 3.00. The van der Waals surface area contributed by atoms with Gasteiger partial charge in [0, 0.05) is 18.7 Å². The number of rotatable bonds is 3. The highest BCUT2D eigenvalue weighted by Gasteiger charge is 2.35. The number of carbonyl (C=O) groups excluding carboxylic acids is 1. The minimum absolute atomic E-state index is 0.000178. The molecule has 1 saturated heterocycles. The van der Waals surface area contributed by atoms with Crippen molar-refractivity contribution in [3.63, 3.8) is 0 Å². The zero-order valence-electron chi connectivity index (χ0n) is 16.6. The number of nitrogens with one attached hydrogen (secondary N) is 1.